The van der Waals surface area contributed by atoms with E-state index >= 15 is 0 Å². The summed E-state index contributed by atoms with van der Waals surface area (Å²) in [6, 6.07) is 15.3. The van der Waals surface area contributed by atoms with Crippen LogP contribution in [0.5, 0.6) is 0 Å². The van der Waals surface area contributed by atoms with E-state index in [-0.39, 0.29) is 24.0 Å². The average Bonchev–Trinajstić information content (AvgIpc) is 3.19. The number of aliphatic imine (C=N–C) groups is 1. The molecule has 4 rings (SSSR count). The van der Waals surface area contributed by atoms with E-state index in [1.165, 1.54) is 11.3 Å². The van der Waals surface area contributed by atoms with Crippen molar-refractivity contribution >= 4 is 41.4 Å². The highest BCUT2D eigenvalue weighted by Gasteiger charge is 2.24. The van der Waals surface area contributed by atoms with Crippen LogP contribution in [0.15, 0.2) is 53.7 Å². The number of nitrogens with zero attached hydrogens (tertiary/aromatic N) is 5. The number of rotatable bonds is 4. The summed E-state index contributed by atoms with van der Waals surface area (Å²) in [6.45, 7) is 8.13. The van der Waals surface area contributed by atoms with Gasteiger partial charge in [0.05, 0.1) is 0 Å². The van der Waals surface area contributed by atoms with Crippen molar-refractivity contribution < 1.29 is 0 Å². The van der Waals surface area contributed by atoms with Crippen molar-refractivity contribution in [1.29, 1.82) is 0 Å². The number of nitrogens with one attached hydrogen (secondary N) is 1. The average molecular weight is 506 g/mol. The Labute approximate surface area is 191 Å². The Morgan fingerprint density at radius 3 is 2.55 bits per heavy atom. The highest BCUT2D eigenvalue weighted by atomic mass is 127. The zero-order valence-electron chi connectivity index (χ0n) is 17.3. The van der Waals surface area contributed by atoms with Gasteiger partial charge in [-0.25, -0.2) is 4.98 Å². The number of para-hydroxylation sites is 1. The van der Waals surface area contributed by atoms with Crippen LogP contribution in [0.1, 0.15) is 12.5 Å². The van der Waals surface area contributed by atoms with E-state index < -0.39 is 0 Å². The molecule has 0 bridgehead atoms. The van der Waals surface area contributed by atoms with Crippen molar-refractivity contribution in [3.05, 3.63) is 54.2 Å². The van der Waals surface area contributed by atoms with Gasteiger partial charge >= 0.3 is 0 Å². The van der Waals surface area contributed by atoms with Crippen molar-refractivity contribution in [1.82, 2.24) is 15.2 Å². The highest BCUT2D eigenvalue weighted by molar-refractivity contribution is 14.0. The van der Waals surface area contributed by atoms with Crippen LogP contribution in [-0.2, 0) is 6.42 Å². The lowest BCUT2D eigenvalue weighted by Crippen LogP contribution is -2.54. The molecule has 1 saturated heterocycles. The molecule has 1 unspecified atom stereocenters. The number of aromatic nitrogens is 1. The minimum absolute atomic E-state index is 0. The molecule has 1 aromatic heterocycles. The van der Waals surface area contributed by atoms with Gasteiger partial charge in [-0.05, 0) is 37.1 Å². The molecule has 0 amide bonds. The SMILES string of the molecule is CN=C(NCC(C)N1CCc2ccccc21)N1CCN(c2ccccn2)CC1.I. The maximum atomic E-state index is 4.53. The van der Waals surface area contributed by atoms with Gasteiger partial charge in [0.25, 0.3) is 0 Å². The van der Waals surface area contributed by atoms with E-state index in [1.54, 1.807) is 0 Å². The Morgan fingerprint density at radius 1 is 1.07 bits per heavy atom. The molecule has 1 fully saturated rings. The van der Waals surface area contributed by atoms with Gasteiger partial charge in [0.1, 0.15) is 5.82 Å². The van der Waals surface area contributed by atoms with Crippen molar-refractivity contribution in [2.24, 2.45) is 4.99 Å². The summed E-state index contributed by atoms with van der Waals surface area (Å²) in [5, 5.41) is 3.60. The molecule has 0 aliphatic carbocycles. The Kier molecular flexibility index (Phi) is 7.57. The quantitative estimate of drug-likeness (QED) is 0.393. The summed E-state index contributed by atoms with van der Waals surface area (Å²) in [7, 11) is 1.88. The first-order valence-electron chi connectivity index (χ1n) is 10.2. The molecule has 0 radical (unpaired) electrons. The summed E-state index contributed by atoms with van der Waals surface area (Å²) in [5.41, 5.74) is 2.85. The number of guanidine groups is 1. The second kappa shape index (κ2) is 10.1. The van der Waals surface area contributed by atoms with Crippen molar-refractivity contribution in [3.8, 4) is 0 Å². The summed E-state index contributed by atoms with van der Waals surface area (Å²) >= 11 is 0. The van der Waals surface area contributed by atoms with Crippen molar-refractivity contribution in [3.63, 3.8) is 0 Å². The fraction of sp³-hybridized carbons (Fsp3) is 0.455. The van der Waals surface area contributed by atoms with Crippen molar-refractivity contribution in [2.75, 3.05) is 56.1 Å². The normalized spacial score (nSPS) is 17.6. The van der Waals surface area contributed by atoms with Crippen molar-refractivity contribution in [2.45, 2.75) is 19.4 Å². The number of anilines is 2. The first-order valence-corrected chi connectivity index (χ1v) is 10.2. The molecule has 0 saturated carbocycles. The third-order valence-electron chi connectivity index (χ3n) is 5.78. The summed E-state index contributed by atoms with van der Waals surface area (Å²) in [5.74, 6) is 2.06. The minimum Gasteiger partial charge on any atom is -0.366 e. The second-order valence-corrected chi connectivity index (χ2v) is 7.51. The van der Waals surface area contributed by atoms with Crippen LogP contribution >= 0.6 is 24.0 Å². The largest absolute Gasteiger partial charge is 0.366 e. The van der Waals surface area contributed by atoms with Gasteiger partial charge in [0, 0.05) is 64.2 Å². The van der Waals surface area contributed by atoms with Gasteiger partial charge in [-0.3, -0.25) is 4.99 Å². The molecule has 6 nitrogen and oxygen atoms in total. The third-order valence-corrected chi connectivity index (χ3v) is 5.78. The Hall–Kier alpha value is -2.03. The molecule has 2 aromatic rings. The first-order chi connectivity index (χ1) is 13.8. The fourth-order valence-corrected chi connectivity index (χ4v) is 4.19. The van der Waals surface area contributed by atoms with E-state index in [4.69, 9.17) is 0 Å². The maximum Gasteiger partial charge on any atom is 0.193 e. The lowest BCUT2D eigenvalue weighted by molar-refractivity contribution is 0.370. The van der Waals surface area contributed by atoms with Crippen LogP contribution < -0.4 is 15.1 Å². The lowest BCUT2D eigenvalue weighted by atomic mass is 10.2. The van der Waals surface area contributed by atoms with Gasteiger partial charge in [-0.15, -0.1) is 24.0 Å². The fourth-order valence-electron chi connectivity index (χ4n) is 4.19. The van der Waals surface area contributed by atoms with Crippen LogP contribution in [0, 0.1) is 0 Å². The van der Waals surface area contributed by atoms with E-state index in [2.05, 4.69) is 67.2 Å². The molecular formula is C22H31IN6. The number of fused-ring (bicyclic) bond motifs is 1. The Morgan fingerprint density at radius 2 is 1.83 bits per heavy atom. The van der Waals surface area contributed by atoms with E-state index in [0.29, 0.717) is 6.04 Å². The number of benzene rings is 1. The van der Waals surface area contributed by atoms with E-state index in [9.17, 15) is 0 Å². The van der Waals surface area contributed by atoms with E-state index in [1.807, 2.05) is 25.4 Å². The first kappa shape index (κ1) is 21.7. The van der Waals surface area contributed by atoms with Gasteiger partial charge in [0.15, 0.2) is 5.96 Å². The number of hydrogen-bond donors (Lipinski definition) is 1. The Balaban J connectivity index is 0.00000240. The van der Waals surface area contributed by atoms with Crippen LogP contribution in [0.25, 0.3) is 0 Å². The molecule has 29 heavy (non-hydrogen) atoms. The topological polar surface area (TPSA) is 47.0 Å². The molecule has 1 aromatic carbocycles. The lowest BCUT2D eigenvalue weighted by Gasteiger charge is -2.37. The van der Waals surface area contributed by atoms with Crippen LogP contribution in [0.3, 0.4) is 0 Å². The predicted molar refractivity (Wildman–Crippen MR) is 132 cm³/mol. The smallest absolute Gasteiger partial charge is 0.193 e. The number of halogens is 1. The van der Waals surface area contributed by atoms with Gasteiger partial charge in [-0.1, -0.05) is 24.3 Å². The van der Waals surface area contributed by atoms with Crippen LogP contribution in [-0.4, -0.2) is 68.2 Å². The highest BCUT2D eigenvalue weighted by Crippen LogP contribution is 2.28. The zero-order valence-corrected chi connectivity index (χ0v) is 19.6. The summed E-state index contributed by atoms with van der Waals surface area (Å²) in [4.78, 5) is 16.2. The summed E-state index contributed by atoms with van der Waals surface area (Å²) < 4.78 is 0. The van der Waals surface area contributed by atoms with Gasteiger partial charge in [-0.2, -0.15) is 0 Å². The Bertz CT molecular complexity index is 804. The number of pyridine rings is 1. The molecular weight excluding hydrogens is 475 g/mol. The van der Waals surface area contributed by atoms with Gasteiger partial charge < -0.3 is 20.0 Å². The molecule has 7 heteroatoms. The van der Waals surface area contributed by atoms with Crippen LogP contribution in [0.4, 0.5) is 11.5 Å². The molecule has 0 spiro atoms. The van der Waals surface area contributed by atoms with E-state index in [0.717, 1.165) is 57.5 Å². The summed E-state index contributed by atoms with van der Waals surface area (Å²) in [6.07, 6.45) is 3.00. The number of hydrogen-bond acceptors (Lipinski definition) is 4. The molecule has 2 aliphatic rings. The molecule has 1 N–H and O–H groups in total. The zero-order chi connectivity index (χ0) is 19.3. The predicted octanol–water partition coefficient (Wildman–Crippen LogP) is 2.85. The molecule has 3 heterocycles. The molecule has 1 atom stereocenters. The minimum atomic E-state index is 0. The number of piperazine rings is 1. The maximum absolute atomic E-state index is 4.53. The monoisotopic (exact) mass is 506 g/mol. The molecule has 156 valence electrons. The second-order valence-electron chi connectivity index (χ2n) is 7.51. The molecule has 2 aliphatic heterocycles. The third kappa shape index (κ3) is 4.94. The van der Waals surface area contributed by atoms with Gasteiger partial charge in [0.2, 0.25) is 0 Å². The standard InChI is InChI=1S/C22H30N6.HI/c1-18(28-12-10-19-7-3-4-8-20(19)28)17-25-22(23-2)27-15-13-26(14-16-27)21-9-5-6-11-24-21;/h3-9,11,18H,10,12-17H2,1-2H3,(H,23,25);1H. The van der Waals surface area contributed by atoms with Crippen LogP contribution in [0.2, 0.25) is 0 Å².